The molecule has 0 aliphatic rings. The van der Waals surface area contributed by atoms with E-state index in [2.05, 4.69) is 17.2 Å². The topological polar surface area (TPSA) is 88.5 Å². The molecule has 1 rings (SSSR count). The molecule has 0 fully saturated rings. The molecule has 0 bridgehead atoms. The zero-order chi connectivity index (χ0) is 14.3. The Morgan fingerprint density at radius 2 is 2.16 bits per heavy atom. The Morgan fingerprint density at radius 3 is 2.68 bits per heavy atom. The van der Waals surface area contributed by atoms with E-state index in [1.807, 2.05) is 0 Å². The van der Waals surface area contributed by atoms with E-state index in [1.54, 1.807) is 0 Å². The van der Waals surface area contributed by atoms with Crippen molar-refractivity contribution in [3.8, 4) is 0 Å². The molecule has 0 aliphatic carbocycles. The molecule has 0 spiro atoms. The number of nitrogens with zero attached hydrogens (tertiary/aromatic N) is 1. The minimum absolute atomic E-state index is 0.168. The normalized spacial score (nSPS) is 10.4. The third-order valence-electron chi connectivity index (χ3n) is 2.31. The van der Waals surface area contributed by atoms with E-state index in [-0.39, 0.29) is 16.4 Å². The van der Waals surface area contributed by atoms with Gasteiger partial charge in [0, 0.05) is 20.1 Å². The average Bonchev–Trinajstić information content (AvgIpc) is 2.78. The molecule has 2 N–H and O–H groups in total. The average molecular weight is 286 g/mol. The van der Waals surface area contributed by atoms with Gasteiger partial charge in [-0.3, -0.25) is 4.79 Å². The van der Waals surface area contributed by atoms with Crippen LogP contribution in [-0.2, 0) is 4.74 Å². The summed E-state index contributed by atoms with van der Waals surface area (Å²) in [5.74, 6) is -1.48. The van der Waals surface area contributed by atoms with Gasteiger partial charge in [-0.2, -0.15) is 0 Å². The lowest BCUT2D eigenvalue weighted by Gasteiger charge is -2.03. The van der Waals surface area contributed by atoms with Crippen molar-refractivity contribution >= 4 is 28.2 Å². The predicted molar refractivity (Wildman–Crippen MR) is 73.3 cm³/mol. The third-order valence-corrected chi connectivity index (χ3v) is 3.43. The van der Waals surface area contributed by atoms with E-state index in [0.29, 0.717) is 18.3 Å². The van der Waals surface area contributed by atoms with Gasteiger partial charge in [-0.1, -0.05) is 24.7 Å². The Labute approximate surface area is 115 Å². The lowest BCUT2D eigenvalue weighted by molar-refractivity contribution is 0.0687. The second-order valence-corrected chi connectivity index (χ2v) is 4.95. The fourth-order valence-corrected chi connectivity index (χ4v) is 2.24. The van der Waals surface area contributed by atoms with Crippen LogP contribution in [-0.4, -0.2) is 41.6 Å². The largest absolute Gasteiger partial charge is 0.476 e. The molecule has 1 aromatic rings. The number of ether oxygens (including phenoxy) is 1. The summed E-state index contributed by atoms with van der Waals surface area (Å²) in [6.45, 7) is 5.20. The SMILES string of the molecule is CCCCOCCNc1nc(C(=O)O)c(C(C)=O)s1. The van der Waals surface area contributed by atoms with Crippen molar-refractivity contribution in [1.82, 2.24) is 4.98 Å². The number of anilines is 1. The van der Waals surface area contributed by atoms with Crippen molar-refractivity contribution < 1.29 is 19.4 Å². The molecule has 106 valence electrons. The van der Waals surface area contributed by atoms with Crippen LogP contribution in [0.2, 0.25) is 0 Å². The van der Waals surface area contributed by atoms with Gasteiger partial charge in [-0.15, -0.1) is 0 Å². The maximum Gasteiger partial charge on any atom is 0.356 e. The third kappa shape index (κ3) is 4.96. The van der Waals surface area contributed by atoms with E-state index in [4.69, 9.17) is 9.84 Å². The van der Waals surface area contributed by atoms with Gasteiger partial charge in [-0.25, -0.2) is 9.78 Å². The highest BCUT2D eigenvalue weighted by Crippen LogP contribution is 2.23. The number of carbonyl (C=O) groups is 2. The number of nitrogens with one attached hydrogen (secondary N) is 1. The molecule has 0 atom stereocenters. The first-order chi connectivity index (χ1) is 9.06. The molecular formula is C12H18N2O4S. The fraction of sp³-hybridized carbons (Fsp3) is 0.583. The highest BCUT2D eigenvalue weighted by molar-refractivity contribution is 7.17. The number of thiazole rings is 1. The van der Waals surface area contributed by atoms with Crippen LogP contribution in [0.1, 0.15) is 46.8 Å². The lowest BCUT2D eigenvalue weighted by atomic mass is 10.3. The van der Waals surface area contributed by atoms with Gasteiger partial charge in [0.15, 0.2) is 16.6 Å². The number of rotatable bonds is 9. The molecule has 0 aliphatic heterocycles. The molecule has 0 radical (unpaired) electrons. The maximum atomic E-state index is 11.3. The zero-order valence-corrected chi connectivity index (χ0v) is 11.9. The number of aromatic nitrogens is 1. The molecule has 0 saturated heterocycles. The highest BCUT2D eigenvalue weighted by Gasteiger charge is 2.20. The number of unbranched alkanes of at least 4 members (excludes halogenated alkanes) is 1. The minimum Gasteiger partial charge on any atom is -0.476 e. The van der Waals surface area contributed by atoms with Gasteiger partial charge >= 0.3 is 5.97 Å². The van der Waals surface area contributed by atoms with Crippen LogP contribution < -0.4 is 5.32 Å². The van der Waals surface area contributed by atoms with Crippen molar-refractivity contribution in [3.05, 3.63) is 10.6 Å². The van der Waals surface area contributed by atoms with E-state index in [0.717, 1.165) is 30.8 Å². The Kier molecular flexibility index (Phi) is 6.44. The summed E-state index contributed by atoms with van der Waals surface area (Å²) in [4.78, 5) is 26.3. The van der Waals surface area contributed by atoms with E-state index in [9.17, 15) is 9.59 Å². The molecule has 19 heavy (non-hydrogen) atoms. The van der Waals surface area contributed by atoms with Gasteiger partial charge < -0.3 is 15.2 Å². The van der Waals surface area contributed by atoms with Crippen LogP contribution >= 0.6 is 11.3 Å². The number of carboxylic acid groups (broad SMARTS) is 1. The quantitative estimate of drug-likeness (QED) is 0.535. The number of hydrogen-bond acceptors (Lipinski definition) is 6. The standard InChI is InChI=1S/C12H18N2O4S/c1-3-4-6-18-7-5-13-12-14-9(11(16)17)10(19-12)8(2)15/h3-7H2,1-2H3,(H,13,14)(H,16,17). The molecule has 0 aromatic carbocycles. The predicted octanol–water partition coefficient (Wildman–Crippen LogP) is 2.27. The van der Waals surface area contributed by atoms with Crippen molar-refractivity contribution in [2.75, 3.05) is 25.1 Å². The molecule has 7 heteroatoms. The molecule has 0 saturated carbocycles. The van der Waals surface area contributed by atoms with Crippen LogP contribution in [0.25, 0.3) is 0 Å². The van der Waals surface area contributed by atoms with Crippen molar-refractivity contribution in [3.63, 3.8) is 0 Å². The monoisotopic (exact) mass is 286 g/mol. The highest BCUT2D eigenvalue weighted by atomic mass is 32.1. The number of Topliss-reactive ketones (excluding diaryl/α,β-unsaturated/α-hetero) is 1. The first kappa shape index (κ1) is 15.6. The molecular weight excluding hydrogens is 268 g/mol. The van der Waals surface area contributed by atoms with E-state index < -0.39 is 5.97 Å². The number of aromatic carboxylic acids is 1. The van der Waals surface area contributed by atoms with Gasteiger partial charge in [0.05, 0.1) is 6.61 Å². The minimum atomic E-state index is -1.19. The summed E-state index contributed by atoms with van der Waals surface area (Å²) in [5, 5.41) is 12.3. The summed E-state index contributed by atoms with van der Waals surface area (Å²) in [6.07, 6.45) is 2.11. The second-order valence-electron chi connectivity index (χ2n) is 3.95. The Balaban J connectivity index is 2.48. The van der Waals surface area contributed by atoms with Crippen LogP contribution in [0.3, 0.4) is 0 Å². The summed E-state index contributed by atoms with van der Waals surface area (Å²) < 4.78 is 5.36. The van der Waals surface area contributed by atoms with E-state index >= 15 is 0 Å². The number of carboxylic acids is 1. The summed E-state index contributed by atoms with van der Waals surface area (Å²) in [7, 11) is 0. The Morgan fingerprint density at radius 1 is 1.42 bits per heavy atom. The van der Waals surface area contributed by atoms with E-state index in [1.165, 1.54) is 6.92 Å². The van der Waals surface area contributed by atoms with Gasteiger partial charge in [0.25, 0.3) is 0 Å². The first-order valence-corrected chi connectivity index (χ1v) is 6.94. The summed E-state index contributed by atoms with van der Waals surface area (Å²) >= 11 is 1.06. The first-order valence-electron chi connectivity index (χ1n) is 6.13. The van der Waals surface area contributed by atoms with Gasteiger partial charge in [0.2, 0.25) is 0 Å². The van der Waals surface area contributed by atoms with Crippen LogP contribution in [0, 0.1) is 0 Å². The smallest absolute Gasteiger partial charge is 0.356 e. The lowest BCUT2D eigenvalue weighted by Crippen LogP contribution is -2.10. The van der Waals surface area contributed by atoms with Crippen molar-refractivity contribution in [1.29, 1.82) is 0 Å². The molecule has 1 heterocycles. The fourth-order valence-electron chi connectivity index (χ4n) is 1.36. The van der Waals surface area contributed by atoms with Crippen LogP contribution in [0.15, 0.2) is 0 Å². The summed E-state index contributed by atoms with van der Waals surface area (Å²) in [5.41, 5.74) is -0.188. The maximum absolute atomic E-state index is 11.3. The Hall–Kier alpha value is -1.47. The molecule has 0 unspecified atom stereocenters. The second kappa shape index (κ2) is 7.85. The van der Waals surface area contributed by atoms with Crippen LogP contribution in [0.5, 0.6) is 0 Å². The van der Waals surface area contributed by atoms with Gasteiger partial charge in [-0.05, 0) is 6.42 Å². The molecule has 1 aromatic heterocycles. The zero-order valence-electron chi connectivity index (χ0n) is 11.1. The number of hydrogen-bond donors (Lipinski definition) is 2. The van der Waals surface area contributed by atoms with Crippen molar-refractivity contribution in [2.45, 2.75) is 26.7 Å². The molecule has 0 amide bonds. The van der Waals surface area contributed by atoms with Crippen molar-refractivity contribution in [2.24, 2.45) is 0 Å². The van der Waals surface area contributed by atoms with Gasteiger partial charge in [0.1, 0.15) is 4.88 Å². The number of carbonyl (C=O) groups excluding carboxylic acids is 1. The van der Waals surface area contributed by atoms with Crippen LogP contribution in [0.4, 0.5) is 5.13 Å². The number of ketones is 1. The molecule has 6 nitrogen and oxygen atoms in total. The Bertz CT molecular complexity index is 413. The summed E-state index contributed by atoms with van der Waals surface area (Å²) in [6, 6.07) is 0.